The van der Waals surface area contributed by atoms with E-state index in [1.807, 2.05) is 44.2 Å². The van der Waals surface area contributed by atoms with Gasteiger partial charge in [0.2, 0.25) is 0 Å². The highest BCUT2D eigenvalue weighted by Crippen LogP contribution is 2.24. The number of ether oxygens (including phenoxy) is 1. The highest BCUT2D eigenvalue weighted by atomic mass is 16.5. The molecule has 0 bridgehead atoms. The molecule has 0 spiro atoms. The molecular weight excluding hydrogens is 266 g/mol. The average Bonchev–Trinajstić information content (AvgIpc) is 2.98. The molecule has 1 heterocycles. The Morgan fingerprint density at radius 1 is 1.29 bits per heavy atom. The highest BCUT2D eigenvalue weighted by molar-refractivity contribution is 5.76. The van der Waals surface area contributed by atoms with Gasteiger partial charge in [0.05, 0.1) is 6.20 Å². The number of carbonyl (C=O) groups is 1. The van der Waals surface area contributed by atoms with Crippen molar-refractivity contribution in [3.05, 3.63) is 48.5 Å². The van der Waals surface area contributed by atoms with Crippen molar-refractivity contribution in [3.8, 4) is 11.3 Å². The van der Waals surface area contributed by atoms with Crippen LogP contribution in [0.15, 0.2) is 47.0 Å². The van der Waals surface area contributed by atoms with E-state index < -0.39 is 0 Å². The van der Waals surface area contributed by atoms with E-state index in [9.17, 15) is 4.79 Å². The molecule has 0 atom stereocenters. The van der Waals surface area contributed by atoms with Crippen LogP contribution in [0.25, 0.3) is 17.1 Å². The van der Waals surface area contributed by atoms with Crippen LogP contribution in [0, 0.1) is 0 Å². The van der Waals surface area contributed by atoms with Gasteiger partial charge in [0, 0.05) is 12.0 Å². The molecule has 2 rings (SSSR count). The molecule has 0 aliphatic carbocycles. The summed E-state index contributed by atoms with van der Waals surface area (Å²) in [5.41, 5.74) is 0.937. The summed E-state index contributed by atoms with van der Waals surface area (Å²) in [4.78, 5) is 15.9. The van der Waals surface area contributed by atoms with Crippen molar-refractivity contribution in [2.75, 3.05) is 0 Å². The molecule has 1 aromatic heterocycles. The Morgan fingerprint density at radius 2 is 2.05 bits per heavy atom. The third kappa shape index (κ3) is 4.05. The highest BCUT2D eigenvalue weighted by Gasteiger charge is 2.15. The van der Waals surface area contributed by atoms with Gasteiger partial charge in [-0.2, -0.15) is 0 Å². The molecular formula is C17H19NO3. The molecule has 4 nitrogen and oxygen atoms in total. The van der Waals surface area contributed by atoms with Gasteiger partial charge in [0.1, 0.15) is 0 Å². The first-order chi connectivity index (χ1) is 10.2. The van der Waals surface area contributed by atoms with Crippen molar-refractivity contribution in [3.63, 3.8) is 0 Å². The van der Waals surface area contributed by atoms with Crippen LogP contribution in [0.2, 0.25) is 0 Å². The van der Waals surface area contributed by atoms with Crippen molar-refractivity contribution >= 4 is 11.7 Å². The fourth-order valence-corrected chi connectivity index (χ4v) is 1.86. The minimum absolute atomic E-state index is 0.267. The molecule has 0 fully saturated rings. The Hall–Kier alpha value is -2.36. The van der Waals surface area contributed by atoms with Crippen molar-refractivity contribution in [2.24, 2.45) is 0 Å². The van der Waals surface area contributed by atoms with Gasteiger partial charge in [-0.15, -0.1) is 0 Å². The second-order valence-corrected chi connectivity index (χ2v) is 4.60. The summed E-state index contributed by atoms with van der Waals surface area (Å²) in [5, 5.41) is 0. The Morgan fingerprint density at radius 3 is 2.71 bits per heavy atom. The second-order valence-electron chi connectivity index (χ2n) is 4.60. The maximum atomic E-state index is 11.6. The summed E-state index contributed by atoms with van der Waals surface area (Å²) in [7, 11) is 0. The molecule has 4 heteroatoms. The molecule has 0 aliphatic rings. The number of benzene rings is 1. The molecule has 110 valence electrons. The largest absolute Gasteiger partial charge is 0.434 e. The molecule has 0 saturated carbocycles. The number of hydrogen-bond donors (Lipinski definition) is 0. The summed E-state index contributed by atoms with van der Waals surface area (Å²) in [5.74, 6) is 1.11. The Bertz CT molecular complexity index is 614. The van der Waals surface area contributed by atoms with Crippen LogP contribution in [0.4, 0.5) is 0 Å². The number of allylic oxidation sites excluding steroid dienone is 1. The van der Waals surface area contributed by atoms with E-state index >= 15 is 0 Å². The number of rotatable bonds is 6. The van der Waals surface area contributed by atoms with Crippen molar-refractivity contribution < 1.29 is 13.9 Å². The summed E-state index contributed by atoms with van der Waals surface area (Å²) in [6.45, 7) is 3.90. The summed E-state index contributed by atoms with van der Waals surface area (Å²) < 4.78 is 11.0. The lowest BCUT2D eigenvalue weighted by molar-refractivity contribution is -0.136. The predicted octanol–water partition coefficient (Wildman–Crippen LogP) is 4.44. The van der Waals surface area contributed by atoms with Gasteiger partial charge in [-0.25, -0.2) is 4.98 Å². The first-order valence-corrected chi connectivity index (χ1v) is 7.17. The van der Waals surface area contributed by atoms with Crippen LogP contribution in [0.3, 0.4) is 0 Å². The average molecular weight is 285 g/mol. The quantitative estimate of drug-likeness (QED) is 0.581. The lowest BCUT2D eigenvalue weighted by Gasteiger charge is -2.04. The lowest BCUT2D eigenvalue weighted by Crippen LogP contribution is -2.03. The Balaban J connectivity index is 2.21. The second kappa shape index (κ2) is 7.43. The third-order valence-corrected chi connectivity index (χ3v) is 2.84. The maximum Gasteiger partial charge on any atom is 0.311 e. The molecule has 2 aromatic rings. The zero-order chi connectivity index (χ0) is 15.1. The monoisotopic (exact) mass is 285 g/mol. The topological polar surface area (TPSA) is 52.3 Å². The molecule has 0 radical (unpaired) electrons. The number of oxazole rings is 1. The van der Waals surface area contributed by atoms with Crippen LogP contribution in [-0.4, -0.2) is 11.0 Å². The predicted molar refractivity (Wildman–Crippen MR) is 81.2 cm³/mol. The van der Waals surface area contributed by atoms with Crippen molar-refractivity contribution in [1.29, 1.82) is 0 Å². The maximum absolute atomic E-state index is 11.6. The van der Waals surface area contributed by atoms with E-state index in [4.69, 9.17) is 9.15 Å². The first-order valence-electron chi connectivity index (χ1n) is 7.17. The molecule has 0 N–H and O–H groups in total. The van der Waals surface area contributed by atoms with Crippen molar-refractivity contribution in [1.82, 2.24) is 4.98 Å². The Kier molecular flexibility index (Phi) is 5.32. The number of nitrogens with zero attached hydrogens (tertiary/aromatic N) is 1. The van der Waals surface area contributed by atoms with Gasteiger partial charge < -0.3 is 9.15 Å². The van der Waals surface area contributed by atoms with Crippen LogP contribution < -0.4 is 0 Å². The fraction of sp³-hybridized carbons (Fsp3) is 0.294. The van der Waals surface area contributed by atoms with E-state index in [1.165, 1.54) is 0 Å². The van der Waals surface area contributed by atoms with Crippen molar-refractivity contribution in [2.45, 2.75) is 33.1 Å². The smallest absolute Gasteiger partial charge is 0.311 e. The Labute approximate surface area is 124 Å². The minimum atomic E-state index is -0.267. The first kappa shape index (κ1) is 15.0. The summed E-state index contributed by atoms with van der Waals surface area (Å²) >= 11 is 0. The van der Waals surface area contributed by atoms with Crippen LogP contribution >= 0.6 is 0 Å². The van der Waals surface area contributed by atoms with Gasteiger partial charge in [-0.3, -0.25) is 4.79 Å². The SMILES string of the molecule is CC/C=C(/OC(=O)CCC)c1ncc(-c2ccccc2)o1. The minimum Gasteiger partial charge on any atom is -0.434 e. The molecule has 0 unspecified atom stereocenters. The molecule has 21 heavy (non-hydrogen) atoms. The number of aromatic nitrogens is 1. The third-order valence-electron chi connectivity index (χ3n) is 2.84. The molecule has 0 aliphatic heterocycles. The number of hydrogen-bond acceptors (Lipinski definition) is 4. The zero-order valence-corrected chi connectivity index (χ0v) is 12.3. The summed E-state index contributed by atoms with van der Waals surface area (Å²) in [6, 6.07) is 9.69. The normalized spacial score (nSPS) is 11.4. The number of carbonyl (C=O) groups excluding carboxylic acids is 1. The van der Waals surface area contributed by atoms with Gasteiger partial charge in [0.15, 0.2) is 11.5 Å². The fourth-order valence-electron chi connectivity index (χ4n) is 1.86. The lowest BCUT2D eigenvalue weighted by atomic mass is 10.2. The van der Waals surface area contributed by atoms with E-state index in [0.717, 1.165) is 18.4 Å². The van der Waals surface area contributed by atoms with E-state index in [1.54, 1.807) is 12.3 Å². The molecule has 0 amide bonds. The molecule has 1 aromatic carbocycles. The van der Waals surface area contributed by atoms with E-state index in [-0.39, 0.29) is 5.97 Å². The van der Waals surface area contributed by atoms with Gasteiger partial charge in [0.25, 0.3) is 5.89 Å². The summed E-state index contributed by atoms with van der Waals surface area (Å²) in [6.07, 6.45) is 5.31. The molecule has 0 saturated heterocycles. The van der Waals surface area contributed by atoms with Crippen LogP contribution in [0.5, 0.6) is 0 Å². The van der Waals surface area contributed by atoms with Crippen LogP contribution in [0.1, 0.15) is 39.0 Å². The zero-order valence-electron chi connectivity index (χ0n) is 12.3. The van der Waals surface area contributed by atoms with Gasteiger partial charge in [-0.05, 0) is 18.9 Å². The van der Waals surface area contributed by atoms with E-state index in [0.29, 0.717) is 23.8 Å². The van der Waals surface area contributed by atoms with Gasteiger partial charge >= 0.3 is 5.97 Å². The van der Waals surface area contributed by atoms with E-state index in [2.05, 4.69) is 4.98 Å². The van der Waals surface area contributed by atoms with Crippen LogP contribution in [-0.2, 0) is 9.53 Å². The standard InChI is InChI=1S/C17H19NO3/c1-3-8-14(20-16(19)9-4-2)17-18-12-15(21-17)13-10-6-5-7-11-13/h5-8,10-12H,3-4,9H2,1-2H3/b14-8+. The number of esters is 1. The van der Waals surface area contributed by atoms with Gasteiger partial charge in [-0.1, -0.05) is 44.2 Å².